The third-order valence-corrected chi connectivity index (χ3v) is 3.87. The van der Waals surface area contributed by atoms with Gasteiger partial charge in [-0.25, -0.2) is 0 Å². The van der Waals surface area contributed by atoms with Gasteiger partial charge in [0.15, 0.2) is 6.10 Å². The summed E-state index contributed by atoms with van der Waals surface area (Å²) < 4.78 is 15.5. The number of methoxy groups -OCH3 is 1. The maximum absolute atomic E-state index is 12.4. The summed E-state index contributed by atoms with van der Waals surface area (Å²) >= 11 is 0. The maximum Gasteiger partial charge on any atom is 0.326 e. The first-order valence-corrected chi connectivity index (χ1v) is 8.83. The molecule has 0 fully saturated rings. The molecule has 148 valence electrons. The van der Waals surface area contributed by atoms with E-state index in [9.17, 15) is 14.4 Å². The summed E-state index contributed by atoms with van der Waals surface area (Å²) in [6, 6.07) is 13.0. The van der Waals surface area contributed by atoms with Crippen LogP contribution in [0.1, 0.15) is 34.6 Å². The van der Waals surface area contributed by atoms with Gasteiger partial charge in [0.05, 0.1) is 13.7 Å². The topological polar surface area (TPSA) is 90.9 Å². The Bertz CT molecular complexity index is 814. The van der Waals surface area contributed by atoms with Gasteiger partial charge in [-0.05, 0) is 62.4 Å². The van der Waals surface area contributed by atoms with Crippen molar-refractivity contribution in [1.29, 1.82) is 0 Å². The second-order valence-electron chi connectivity index (χ2n) is 5.86. The first kappa shape index (κ1) is 21.0. The second kappa shape index (κ2) is 10.1. The van der Waals surface area contributed by atoms with Crippen LogP contribution in [0.5, 0.6) is 11.5 Å². The molecule has 1 N–H and O–H groups in total. The van der Waals surface area contributed by atoms with Gasteiger partial charge in [0, 0.05) is 11.1 Å². The summed E-state index contributed by atoms with van der Waals surface area (Å²) in [5.41, 5.74) is 0.790. The Morgan fingerprint density at radius 1 is 0.929 bits per heavy atom. The highest BCUT2D eigenvalue weighted by Crippen LogP contribution is 2.14. The van der Waals surface area contributed by atoms with Crippen molar-refractivity contribution < 1.29 is 28.6 Å². The van der Waals surface area contributed by atoms with Crippen LogP contribution in [-0.2, 0) is 9.53 Å². The SMILES string of the molecule is CCOc1ccc(C(=O)[C@H](C)OC(=O)CNC(=O)c2ccc(OC)cc2)cc1. The first-order chi connectivity index (χ1) is 13.4. The fourth-order valence-corrected chi connectivity index (χ4v) is 2.41. The zero-order chi connectivity index (χ0) is 20.5. The van der Waals surface area contributed by atoms with E-state index in [1.807, 2.05) is 6.92 Å². The molecule has 2 aromatic rings. The van der Waals surface area contributed by atoms with Gasteiger partial charge in [-0.15, -0.1) is 0 Å². The molecule has 2 aromatic carbocycles. The Morgan fingerprint density at radius 3 is 2.07 bits per heavy atom. The number of hydrogen-bond acceptors (Lipinski definition) is 6. The Morgan fingerprint density at radius 2 is 1.50 bits per heavy atom. The van der Waals surface area contributed by atoms with E-state index >= 15 is 0 Å². The van der Waals surface area contributed by atoms with E-state index in [0.29, 0.717) is 29.2 Å². The van der Waals surface area contributed by atoms with Gasteiger partial charge in [0.25, 0.3) is 5.91 Å². The molecule has 0 unspecified atom stereocenters. The number of amides is 1. The minimum Gasteiger partial charge on any atom is -0.497 e. The standard InChI is InChI=1S/C21H23NO6/c1-4-27-18-11-5-15(6-12-18)20(24)14(2)28-19(23)13-22-21(25)16-7-9-17(26-3)10-8-16/h5-12,14H,4,13H2,1-3H3,(H,22,25)/t14-/m0/s1. The zero-order valence-electron chi connectivity index (χ0n) is 16.1. The molecule has 0 aromatic heterocycles. The number of esters is 1. The van der Waals surface area contributed by atoms with Crippen molar-refractivity contribution in [3.05, 3.63) is 59.7 Å². The van der Waals surface area contributed by atoms with Gasteiger partial charge in [-0.1, -0.05) is 0 Å². The van der Waals surface area contributed by atoms with E-state index in [2.05, 4.69) is 5.32 Å². The highest BCUT2D eigenvalue weighted by molar-refractivity contribution is 6.00. The highest BCUT2D eigenvalue weighted by atomic mass is 16.5. The van der Waals surface area contributed by atoms with Crippen LogP contribution >= 0.6 is 0 Å². The van der Waals surface area contributed by atoms with Gasteiger partial charge in [-0.3, -0.25) is 14.4 Å². The fraction of sp³-hybridized carbons (Fsp3) is 0.286. The maximum atomic E-state index is 12.4. The number of Topliss-reactive ketones (excluding diaryl/α,β-unsaturated/α-hetero) is 1. The van der Waals surface area contributed by atoms with E-state index in [1.165, 1.54) is 14.0 Å². The van der Waals surface area contributed by atoms with Crippen molar-refractivity contribution >= 4 is 17.7 Å². The number of ketones is 1. The summed E-state index contributed by atoms with van der Waals surface area (Å²) in [7, 11) is 1.53. The molecular formula is C21H23NO6. The molecule has 7 heteroatoms. The van der Waals surface area contributed by atoms with Crippen LogP contribution in [0.15, 0.2) is 48.5 Å². The molecule has 2 rings (SSSR count). The first-order valence-electron chi connectivity index (χ1n) is 8.83. The lowest BCUT2D eigenvalue weighted by Gasteiger charge is -2.13. The van der Waals surface area contributed by atoms with Crippen molar-refractivity contribution in [2.75, 3.05) is 20.3 Å². The molecule has 1 amide bonds. The van der Waals surface area contributed by atoms with Crippen LogP contribution in [0.4, 0.5) is 0 Å². The Kier molecular flexibility index (Phi) is 7.56. The number of carbonyl (C=O) groups excluding carboxylic acids is 3. The van der Waals surface area contributed by atoms with E-state index in [4.69, 9.17) is 14.2 Å². The predicted molar refractivity (Wildman–Crippen MR) is 103 cm³/mol. The lowest BCUT2D eigenvalue weighted by molar-refractivity contribution is -0.145. The molecule has 0 saturated carbocycles. The third-order valence-electron chi connectivity index (χ3n) is 3.87. The third kappa shape index (κ3) is 5.84. The molecule has 0 radical (unpaired) electrons. The molecule has 7 nitrogen and oxygen atoms in total. The number of rotatable bonds is 9. The largest absolute Gasteiger partial charge is 0.497 e. The average molecular weight is 385 g/mol. The van der Waals surface area contributed by atoms with Crippen molar-refractivity contribution in [1.82, 2.24) is 5.32 Å². The molecule has 0 aliphatic rings. The molecule has 0 bridgehead atoms. The molecule has 0 aliphatic heterocycles. The van der Waals surface area contributed by atoms with Gasteiger partial charge < -0.3 is 19.5 Å². The average Bonchev–Trinajstić information content (AvgIpc) is 2.72. The van der Waals surface area contributed by atoms with Crippen molar-refractivity contribution in [3.63, 3.8) is 0 Å². The molecule has 28 heavy (non-hydrogen) atoms. The smallest absolute Gasteiger partial charge is 0.326 e. The molecular weight excluding hydrogens is 362 g/mol. The second-order valence-corrected chi connectivity index (χ2v) is 5.86. The number of benzene rings is 2. The zero-order valence-corrected chi connectivity index (χ0v) is 16.1. The molecule has 0 saturated heterocycles. The number of ether oxygens (including phenoxy) is 3. The van der Waals surface area contributed by atoms with Gasteiger partial charge >= 0.3 is 5.97 Å². The highest BCUT2D eigenvalue weighted by Gasteiger charge is 2.20. The molecule has 1 atom stereocenters. The van der Waals surface area contributed by atoms with E-state index < -0.39 is 18.0 Å². The Labute approximate surface area is 163 Å². The van der Waals surface area contributed by atoms with Crippen LogP contribution in [0.2, 0.25) is 0 Å². The van der Waals surface area contributed by atoms with E-state index in [-0.39, 0.29) is 12.3 Å². The van der Waals surface area contributed by atoms with Crippen LogP contribution in [0.3, 0.4) is 0 Å². The number of carbonyl (C=O) groups is 3. The van der Waals surface area contributed by atoms with Crippen molar-refractivity contribution in [3.8, 4) is 11.5 Å². The summed E-state index contributed by atoms with van der Waals surface area (Å²) in [5.74, 6) is -0.181. The monoisotopic (exact) mass is 385 g/mol. The van der Waals surface area contributed by atoms with Crippen LogP contribution in [-0.4, -0.2) is 44.0 Å². The Hall–Kier alpha value is -3.35. The fourth-order valence-electron chi connectivity index (χ4n) is 2.41. The van der Waals surface area contributed by atoms with Crippen LogP contribution in [0, 0.1) is 0 Å². The normalized spacial score (nSPS) is 11.2. The quantitative estimate of drug-likeness (QED) is 0.527. The summed E-state index contributed by atoms with van der Waals surface area (Å²) in [5, 5.41) is 2.46. The van der Waals surface area contributed by atoms with Gasteiger partial charge in [0.1, 0.15) is 18.0 Å². The van der Waals surface area contributed by atoms with Gasteiger partial charge in [0.2, 0.25) is 5.78 Å². The number of nitrogens with one attached hydrogen (secondary N) is 1. The van der Waals surface area contributed by atoms with E-state index in [0.717, 1.165) is 0 Å². The summed E-state index contributed by atoms with van der Waals surface area (Å²) in [4.78, 5) is 36.3. The summed E-state index contributed by atoms with van der Waals surface area (Å²) in [6.45, 7) is 3.55. The summed E-state index contributed by atoms with van der Waals surface area (Å²) in [6.07, 6.45) is -0.969. The van der Waals surface area contributed by atoms with Crippen molar-refractivity contribution in [2.24, 2.45) is 0 Å². The minimum atomic E-state index is -0.969. The molecule has 0 aliphatic carbocycles. The minimum absolute atomic E-state index is 0.335. The molecule has 0 heterocycles. The Balaban J connectivity index is 1.83. The van der Waals surface area contributed by atoms with E-state index in [1.54, 1.807) is 48.5 Å². The van der Waals surface area contributed by atoms with Crippen LogP contribution < -0.4 is 14.8 Å². The lowest BCUT2D eigenvalue weighted by atomic mass is 10.1. The van der Waals surface area contributed by atoms with Gasteiger partial charge in [-0.2, -0.15) is 0 Å². The van der Waals surface area contributed by atoms with Crippen LogP contribution in [0.25, 0.3) is 0 Å². The predicted octanol–water partition coefficient (Wildman–Crippen LogP) is 2.64. The van der Waals surface area contributed by atoms with Crippen molar-refractivity contribution in [2.45, 2.75) is 20.0 Å². The lowest BCUT2D eigenvalue weighted by Crippen LogP contribution is -2.34. The molecule has 0 spiro atoms. The number of hydrogen-bond donors (Lipinski definition) is 1.